The van der Waals surface area contributed by atoms with Crippen LogP contribution in [0.25, 0.3) is 33.8 Å². The molecular formula is C24H18ClN. The van der Waals surface area contributed by atoms with E-state index in [-0.39, 0.29) is 0 Å². The second kappa shape index (κ2) is 6.19. The first kappa shape index (κ1) is 15.5. The molecule has 0 aliphatic heterocycles. The van der Waals surface area contributed by atoms with Crippen LogP contribution in [0.4, 0.5) is 0 Å². The highest BCUT2D eigenvalue weighted by molar-refractivity contribution is 6.31. The molecule has 1 aliphatic carbocycles. The average molecular weight is 356 g/mol. The van der Waals surface area contributed by atoms with Gasteiger partial charge in [0.15, 0.2) is 0 Å². The van der Waals surface area contributed by atoms with Gasteiger partial charge in [0.1, 0.15) is 0 Å². The van der Waals surface area contributed by atoms with Gasteiger partial charge in [0, 0.05) is 27.4 Å². The molecule has 0 saturated heterocycles. The number of fused-ring (bicyclic) bond motifs is 3. The molecule has 1 nitrogen and oxygen atoms in total. The Morgan fingerprint density at radius 1 is 0.846 bits per heavy atom. The van der Waals surface area contributed by atoms with E-state index in [1.54, 1.807) is 0 Å². The van der Waals surface area contributed by atoms with Gasteiger partial charge in [-0.1, -0.05) is 66.2 Å². The Bertz CT molecular complexity index is 1140. The molecular weight excluding hydrogens is 338 g/mol. The zero-order valence-electron chi connectivity index (χ0n) is 14.3. The fourth-order valence-electron chi connectivity index (χ4n) is 4.04. The zero-order chi connectivity index (χ0) is 17.5. The van der Waals surface area contributed by atoms with Crippen LogP contribution in [-0.2, 0) is 6.42 Å². The second-order valence-electron chi connectivity index (χ2n) is 6.68. The van der Waals surface area contributed by atoms with E-state index in [9.17, 15) is 0 Å². The van der Waals surface area contributed by atoms with Gasteiger partial charge >= 0.3 is 0 Å². The SMILES string of the molecule is Clc1cccc(-c2cccc3c2c2c(n3-c3ccccc3)CCC=C2)c1. The van der Waals surface area contributed by atoms with Gasteiger partial charge in [-0.05, 0) is 54.3 Å². The van der Waals surface area contributed by atoms with Crippen molar-refractivity contribution in [2.75, 3.05) is 0 Å². The van der Waals surface area contributed by atoms with Gasteiger partial charge < -0.3 is 4.57 Å². The third-order valence-electron chi connectivity index (χ3n) is 5.12. The highest BCUT2D eigenvalue weighted by atomic mass is 35.5. The Morgan fingerprint density at radius 3 is 2.54 bits per heavy atom. The maximum atomic E-state index is 6.27. The van der Waals surface area contributed by atoms with Gasteiger partial charge in [-0.2, -0.15) is 0 Å². The summed E-state index contributed by atoms with van der Waals surface area (Å²) in [4.78, 5) is 0. The normalized spacial score (nSPS) is 13.1. The molecule has 5 rings (SSSR count). The summed E-state index contributed by atoms with van der Waals surface area (Å²) in [5.74, 6) is 0. The molecule has 126 valence electrons. The third-order valence-corrected chi connectivity index (χ3v) is 5.35. The minimum atomic E-state index is 0.770. The van der Waals surface area contributed by atoms with Crippen LogP contribution >= 0.6 is 11.6 Å². The molecule has 26 heavy (non-hydrogen) atoms. The lowest BCUT2D eigenvalue weighted by molar-refractivity contribution is 0.888. The first-order valence-electron chi connectivity index (χ1n) is 8.97. The smallest absolute Gasteiger partial charge is 0.0543 e. The maximum Gasteiger partial charge on any atom is 0.0543 e. The fraction of sp³-hybridized carbons (Fsp3) is 0.0833. The van der Waals surface area contributed by atoms with Gasteiger partial charge in [-0.3, -0.25) is 0 Å². The quantitative estimate of drug-likeness (QED) is 0.368. The third kappa shape index (κ3) is 2.40. The Labute approximate surface area is 158 Å². The van der Waals surface area contributed by atoms with E-state index in [1.807, 2.05) is 12.1 Å². The summed E-state index contributed by atoms with van der Waals surface area (Å²) in [5, 5.41) is 2.08. The predicted octanol–water partition coefficient (Wildman–Crippen LogP) is 6.91. The van der Waals surface area contributed by atoms with Gasteiger partial charge in [-0.15, -0.1) is 0 Å². The molecule has 0 N–H and O–H groups in total. The highest BCUT2D eigenvalue weighted by Gasteiger charge is 2.20. The number of para-hydroxylation sites is 1. The van der Waals surface area contributed by atoms with E-state index < -0.39 is 0 Å². The van der Waals surface area contributed by atoms with Gasteiger partial charge in [-0.25, -0.2) is 0 Å². The van der Waals surface area contributed by atoms with E-state index in [2.05, 4.69) is 77.4 Å². The van der Waals surface area contributed by atoms with Crippen molar-refractivity contribution < 1.29 is 0 Å². The van der Waals surface area contributed by atoms with E-state index >= 15 is 0 Å². The maximum absolute atomic E-state index is 6.27. The van der Waals surface area contributed by atoms with E-state index in [4.69, 9.17) is 11.6 Å². The minimum Gasteiger partial charge on any atom is -0.313 e. The molecule has 0 radical (unpaired) electrons. The largest absolute Gasteiger partial charge is 0.313 e. The van der Waals surface area contributed by atoms with Gasteiger partial charge in [0.2, 0.25) is 0 Å². The average Bonchev–Trinajstić information content (AvgIpc) is 3.03. The molecule has 4 aromatic rings. The summed E-state index contributed by atoms with van der Waals surface area (Å²) < 4.78 is 2.42. The molecule has 1 aliphatic rings. The predicted molar refractivity (Wildman–Crippen MR) is 111 cm³/mol. The summed E-state index contributed by atoms with van der Waals surface area (Å²) in [6.45, 7) is 0. The van der Waals surface area contributed by atoms with Gasteiger partial charge in [0.25, 0.3) is 0 Å². The molecule has 0 amide bonds. The van der Waals surface area contributed by atoms with Crippen LogP contribution in [0.3, 0.4) is 0 Å². The standard InChI is InChI=1S/C24H18ClN/c25-18-9-6-8-17(16-18)20-13-7-15-23-24(20)21-12-4-5-14-22(21)26(23)19-10-2-1-3-11-19/h1-4,6-13,15-16H,5,14H2. The fourth-order valence-corrected chi connectivity index (χ4v) is 4.23. The second-order valence-corrected chi connectivity index (χ2v) is 7.12. The van der Waals surface area contributed by atoms with E-state index in [0.717, 1.165) is 23.4 Å². The number of hydrogen-bond acceptors (Lipinski definition) is 0. The summed E-state index contributed by atoms with van der Waals surface area (Å²) in [6, 6.07) is 25.4. The first-order chi connectivity index (χ1) is 12.8. The molecule has 0 unspecified atom stereocenters. The van der Waals surface area contributed by atoms with Crippen molar-refractivity contribution in [1.82, 2.24) is 4.57 Å². The number of halogens is 1. The number of allylic oxidation sites excluding steroid dienone is 1. The molecule has 0 spiro atoms. The lowest BCUT2D eigenvalue weighted by Gasteiger charge is -2.13. The van der Waals surface area contributed by atoms with Crippen LogP contribution in [0.5, 0.6) is 0 Å². The summed E-state index contributed by atoms with van der Waals surface area (Å²) in [6.07, 6.45) is 6.72. The van der Waals surface area contributed by atoms with Crippen molar-refractivity contribution in [3.8, 4) is 16.8 Å². The van der Waals surface area contributed by atoms with Crippen molar-refractivity contribution in [3.05, 3.63) is 95.2 Å². The molecule has 1 aromatic heterocycles. The van der Waals surface area contributed by atoms with Crippen LogP contribution < -0.4 is 0 Å². The van der Waals surface area contributed by atoms with Gasteiger partial charge in [0.05, 0.1) is 5.52 Å². The van der Waals surface area contributed by atoms with Crippen LogP contribution in [-0.4, -0.2) is 4.57 Å². The molecule has 0 saturated carbocycles. The van der Waals surface area contributed by atoms with E-state index in [0.29, 0.717) is 0 Å². The number of rotatable bonds is 2. The molecule has 1 heterocycles. The van der Waals surface area contributed by atoms with Crippen molar-refractivity contribution in [2.24, 2.45) is 0 Å². The van der Waals surface area contributed by atoms with Crippen LogP contribution in [0.15, 0.2) is 78.9 Å². The minimum absolute atomic E-state index is 0.770. The van der Waals surface area contributed by atoms with Crippen LogP contribution in [0, 0.1) is 0 Å². The zero-order valence-corrected chi connectivity index (χ0v) is 15.1. The lowest BCUT2D eigenvalue weighted by atomic mass is 9.95. The molecule has 0 atom stereocenters. The van der Waals surface area contributed by atoms with Crippen molar-refractivity contribution in [2.45, 2.75) is 12.8 Å². The lowest BCUT2D eigenvalue weighted by Crippen LogP contribution is -2.02. The van der Waals surface area contributed by atoms with Crippen molar-refractivity contribution in [1.29, 1.82) is 0 Å². The van der Waals surface area contributed by atoms with Crippen molar-refractivity contribution in [3.63, 3.8) is 0 Å². The molecule has 2 heteroatoms. The van der Waals surface area contributed by atoms with Crippen LogP contribution in [0.1, 0.15) is 17.7 Å². The van der Waals surface area contributed by atoms with Crippen molar-refractivity contribution >= 4 is 28.6 Å². The summed E-state index contributed by atoms with van der Waals surface area (Å²) in [5.41, 5.74) is 7.61. The Kier molecular flexibility index (Phi) is 3.69. The molecule has 3 aromatic carbocycles. The number of benzene rings is 3. The highest BCUT2D eigenvalue weighted by Crippen LogP contribution is 2.39. The first-order valence-corrected chi connectivity index (χ1v) is 9.35. The number of aromatic nitrogens is 1. The molecule has 0 fully saturated rings. The summed E-state index contributed by atoms with van der Waals surface area (Å²) >= 11 is 6.27. The summed E-state index contributed by atoms with van der Waals surface area (Å²) in [7, 11) is 0. The van der Waals surface area contributed by atoms with Crippen LogP contribution in [0.2, 0.25) is 5.02 Å². The topological polar surface area (TPSA) is 4.93 Å². The number of hydrogen-bond donors (Lipinski definition) is 0. The Balaban J connectivity index is 1.89. The number of nitrogens with zero attached hydrogens (tertiary/aromatic N) is 1. The monoisotopic (exact) mass is 355 g/mol. The van der Waals surface area contributed by atoms with E-state index in [1.165, 1.54) is 33.4 Å². The Hall–Kier alpha value is -2.77. The molecule has 0 bridgehead atoms. The Morgan fingerprint density at radius 2 is 1.69 bits per heavy atom.